The number of para-hydroxylation sites is 1. The predicted octanol–water partition coefficient (Wildman–Crippen LogP) is 4.90. The van der Waals surface area contributed by atoms with Crippen LogP contribution in [0.2, 0.25) is 5.02 Å². The molecule has 0 amide bonds. The van der Waals surface area contributed by atoms with Gasteiger partial charge in [-0.3, -0.25) is 0 Å². The molecule has 0 heterocycles. The van der Waals surface area contributed by atoms with Gasteiger partial charge in [0.2, 0.25) is 0 Å². The number of nitrogens with one attached hydrogen (secondary N) is 1. The van der Waals surface area contributed by atoms with E-state index in [0.29, 0.717) is 10.6 Å². The molecule has 0 atom stereocenters. The van der Waals surface area contributed by atoms with Gasteiger partial charge in [0.05, 0.1) is 4.90 Å². The molecule has 0 unspecified atom stereocenters. The molecule has 3 aromatic rings. The van der Waals surface area contributed by atoms with Crippen LogP contribution in [0.15, 0.2) is 88.2 Å². The first kappa shape index (κ1) is 18.2. The molecule has 132 valence electrons. The van der Waals surface area contributed by atoms with E-state index in [1.165, 1.54) is 0 Å². The van der Waals surface area contributed by atoms with Crippen LogP contribution in [0.1, 0.15) is 11.1 Å². The van der Waals surface area contributed by atoms with Crippen molar-refractivity contribution in [1.82, 2.24) is 0 Å². The molecule has 1 N–H and O–H groups in total. The van der Waals surface area contributed by atoms with E-state index in [4.69, 9.17) is 11.6 Å². The van der Waals surface area contributed by atoms with Crippen LogP contribution in [0.3, 0.4) is 0 Å². The average Bonchev–Trinajstić information content (AvgIpc) is 2.63. The summed E-state index contributed by atoms with van der Waals surface area (Å²) in [6.45, 7) is 1.90. The fourth-order valence-electron chi connectivity index (χ4n) is 2.30. The fraction of sp³-hybridized carbons (Fsp3) is 0.0500. The van der Waals surface area contributed by atoms with E-state index < -0.39 is 10.0 Å². The molecule has 0 aliphatic rings. The Morgan fingerprint density at radius 1 is 0.885 bits per heavy atom. The number of anilines is 1. The number of aryl methyl sites for hydroxylation is 1. The Balaban J connectivity index is 2.05. The van der Waals surface area contributed by atoms with Gasteiger partial charge in [-0.1, -0.05) is 47.5 Å². The summed E-state index contributed by atoms with van der Waals surface area (Å²) in [5, 5.41) is 3.64. The Bertz CT molecular complexity index is 1010. The SMILES string of the molecule is Cc1ccc(S(=O)(=O)/N=C(\Nc2ccccc2)c2ccc(Cl)cc2)cc1. The molecule has 0 aliphatic carbocycles. The Kier molecular flexibility index (Phi) is 5.40. The summed E-state index contributed by atoms with van der Waals surface area (Å²) in [5.41, 5.74) is 2.34. The lowest BCUT2D eigenvalue weighted by molar-refractivity contribution is 0.598. The second-order valence-electron chi connectivity index (χ2n) is 5.73. The summed E-state index contributed by atoms with van der Waals surface area (Å²) in [4.78, 5) is 0.143. The minimum absolute atomic E-state index is 0.143. The quantitative estimate of drug-likeness (QED) is 0.514. The zero-order valence-electron chi connectivity index (χ0n) is 14.1. The van der Waals surface area contributed by atoms with E-state index in [-0.39, 0.29) is 10.7 Å². The molecule has 0 fully saturated rings. The molecular weight excluding hydrogens is 368 g/mol. The number of nitrogens with zero attached hydrogens (tertiary/aromatic N) is 1. The second kappa shape index (κ2) is 7.72. The van der Waals surface area contributed by atoms with Crippen molar-refractivity contribution in [2.45, 2.75) is 11.8 Å². The predicted molar refractivity (Wildman–Crippen MR) is 106 cm³/mol. The molecular formula is C20H17ClN2O2S. The van der Waals surface area contributed by atoms with Crippen molar-refractivity contribution in [2.75, 3.05) is 5.32 Å². The van der Waals surface area contributed by atoms with Gasteiger partial charge in [0, 0.05) is 16.3 Å². The lowest BCUT2D eigenvalue weighted by Gasteiger charge is -2.11. The van der Waals surface area contributed by atoms with Gasteiger partial charge in [-0.15, -0.1) is 4.40 Å². The van der Waals surface area contributed by atoms with Crippen molar-refractivity contribution in [3.05, 3.63) is 95.0 Å². The normalized spacial score (nSPS) is 12.0. The number of hydrogen-bond acceptors (Lipinski definition) is 2. The summed E-state index contributed by atoms with van der Waals surface area (Å²) in [6, 6.07) is 22.7. The Morgan fingerprint density at radius 2 is 1.50 bits per heavy atom. The van der Waals surface area contributed by atoms with Crippen LogP contribution in [-0.2, 0) is 10.0 Å². The molecule has 3 rings (SSSR count). The first-order valence-electron chi connectivity index (χ1n) is 7.94. The molecule has 0 aromatic heterocycles. The number of sulfonamides is 1. The highest BCUT2D eigenvalue weighted by Gasteiger charge is 2.16. The van der Waals surface area contributed by atoms with Gasteiger partial charge in [0.15, 0.2) is 5.84 Å². The highest BCUT2D eigenvalue weighted by molar-refractivity contribution is 7.90. The first-order chi connectivity index (χ1) is 12.4. The molecule has 0 saturated heterocycles. The maximum Gasteiger partial charge on any atom is 0.284 e. The van der Waals surface area contributed by atoms with Crippen molar-refractivity contribution in [3.63, 3.8) is 0 Å². The summed E-state index contributed by atoms with van der Waals surface area (Å²) < 4.78 is 29.5. The molecule has 0 bridgehead atoms. The van der Waals surface area contributed by atoms with Crippen LogP contribution in [0.25, 0.3) is 0 Å². The molecule has 4 nitrogen and oxygen atoms in total. The second-order valence-corrected chi connectivity index (χ2v) is 7.77. The number of rotatable bonds is 4. The third-order valence-corrected chi connectivity index (χ3v) is 5.23. The zero-order valence-corrected chi connectivity index (χ0v) is 15.6. The minimum atomic E-state index is -3.86. The Hall–Kier alpha value is -2.63. The van der Waals surface area contributed by atoms with Gasteiger partial charge < -0.3 is 5.32 Å². The largest absolute Gasteiger partial charge is 0.339 e. The number of benzene rings is 3. The average molecular weight is 385 g/mol. The maximum atomic E-state index is 12.7. The van der Waals surface area contributed by atoms with Crippen LogP contribution in [0, 0.1) is 6.92 Å². The van der Waals surface area contributed by atoms with Crippen LogP contribution in [0.4, 0.5) is 5.69 Å². The van der Waals surface area contributed by atoms with Crippen molar-refractivity contribution in [2.24, 2.45) is 4.40 Å². The number of hydrogen-bond donors (Lipinski definition) is 1. The number of amidine groups is 1. The molecule has 0 saturated carbocycles. The van der Waals surface area contributed by atoms with Gasteiger partial charge in [0.25, 0.3) is 10.0 Å². The van der Waals surface area contributed by atoms with Gasteiger partial charge in [-0.25, -0.2) is 0 Å². The third-order valence-electron chi connectivity index (χ3n) is 3.68. The molecule has 0 radical (unpaired) electrons. The van der Waals surface area contributed by atoms with Crippen LogP contribution < -0.4 is 5.32 Å². The monoisotopic (exact) mass is 384 g/mol. The summed E-state index contributed by atoms with van der Waals surface area (Å²) >= 11 is 5.94. The van der Waals surface area contributed by atoms with Gasteiger partial charge in [0.1, 0.15) is 0 Å². The van der Waals surface area contributed by atoms with Gasteiger partial charge in [-0.2, -0.15) is 8.42 Å². The molecule has 6 heteroatoms. The van der Waals surface area contributed by atoms with E-state index in [2.05, 4.69) is 9.71 Å². The van der Waals surface area contributed by atoms with Crippen molar-refractivity contribution in [1.29, 1.82) is 0 Å². The molecule has 0 aliphatic heterocycles. The summed E-state index contributed by atoms with van der Waals surface area (Å²) in [5.74, 6) is 0.230. The summed E-state index contributed by atoms with van der Waals surface area (Å²) in [6.07, 6.45) is 0. The molecule has 26 heavy (non-hydrogen) atoms. The highest BCUT2D eigenvalue weighted by atomic mass is 35.5. The zero-order chi connectivity index (χ0) is 18.6. The highest BCUT2D eigenvalue weighted by Crippen LogP contribution is 2.18. The van der Waals surface area contributed by atoms with Crippen molar-refractivity contribution >= 4 is 33.1 Å². The number of halogens is 1. The van der Waals surface area contributed by atoms with Crippen LogP contribution >= 0.6 is 11.6 Å². The maximum absolute atomic E-state index is 12.7. The van der Waals surface area contributed by atoms with E-state index in [1.807, 2.05) is 37.3 Å². The Morgan fingerprint density at radius 3 is 2.12 bits per heavy atom. The fourth-order valence-corrected chi connectivity index (χ4v) is 3.40. The van der Waals surface area contributed by atoms with E-state index in [1.54, 1.807) is 48.5 Å². The smallest absolute Gasteiger partial charge is 0.284 e. The van der Waals surface area contributed by atoms with Gasteiger partial charge >= 0.3 is 0 Å². The van der Waals surface area contributed by atoms with Gasteiger partial charge in [-0.05, 0) is 55.5 Å². The lowest BCUT2D eigenvalue weighted by Crippen LogP contribution is -2.16. The van der Waals surface area contributed by atoms with Crippen LogP contribution in [-0.4, -0.2) is 14.3 Å². The third kappa shape index (κ3) is 4.50. The topological polar surface area (TPSA) is 58.5 Å². The van der Waals surface area contributed by atoms with Crippen molar-refractivity contribution in [3.8, 4) is 0 Å². The standard InChI is InChI=1S/C20H17ClN2O2S/c1-15-7-13-19(14-8-15)26(24,25)23-20(16-9-11-17(21)12-10-16)22-18-5-3-2-4-6-18/h2-14H,1H3,(H,22,23). The van der Waals surface area contributed by atoms with E-state index in [9.17, 15) is 8.42 Å². The molecule has 0 spiro atoms. The minimum Gasteiger partial charge on any atom is -0.339 e. The van der Waals surface area contributed by atoms with Crippen molar-refractivity contribution < 1.29 is 8.42 Å². The lowest BCUT2D eigenvalue weighted by atomic mass is 10.2. The van der Waals surface area contributed by atoms with Crippen LogP contribution in [0.5, 0.6) is 0 Å². The van der Waals surface area contributed by atoms with E-state index in [0.717, 1.165) is 11.3 Å². The first-order valence-corrected chi connectivity index (χ1v) is 9.75. The molecule has 3 aromatic carbocycles. The van der Waals surface area contributed by atoms with E-state index >= 15 is 0 Å². The Labute approximate surface area is 158 Å². The summed E-state index contributed by atoms with van der Waals surface area (Å²) in [7, 11) is -3.86.